The summed E-state index contributed by atoms with van der Waals surface area (Å²) >= 11 is 0. The highest BCUT2D eigenvalue weighted by Crippen LogP contribution is 2.32. The maximum Gasteiger partial charge on any atom is 0.244 e. The number of ether oxygens (including phenoxy) is 1. The zero-order valence-electron chi connectivity index (χ0n) is 14.1. The van der Waals surface area contributed by atoms with E-state index in [4.69, 9.17) is 4.74 Å². The molecule has 1 fully saturated rings. The van der Waals surface area contributed by atoms with Crippen molar-refractivity contribution in [2.45, 2.75) is 39.3 Å². The first-order valence-corrected chi connectivity index (χ1v) is 7.94. The lowest BCUT2D eigenvalue weighted by atomic mass is 9.93. The Kier molecular flexibility index (Phi) is 5.23. The van der Waals surface area contributed by atoms with E-state index in [0.29, 0.717) is 13.0 Å². The Bertz CT molecular complexity index is 588. The Morgan fingerprint density at radius 2 is 2.00 bits per heavy atom. The molecule has 1 aromatic carbocycles. The highest BCUT2D eigenvalue weighted by molar-refractivity contribution is 5.82. The maximum atomic E-state index is 12.5. The van der Waals surface area contributed by atoms with E-state index in [9.17, 15) is 14.9 Å². The normalized spacial score (nSPS) is 24.3. The van der Waals surface area contributed by atoms with Crippen molar-refractivity contribution in [3.05, 3.63) is 39.9 Å². The molecule has 0 radical (unpaired) electrons. The Morgan fingerprint density at radius 3 is 2.57 bits per heavy atom. The van der Waals surface area contributed by atoms with Gasteiger partial charge in [0.1, 0.15) is 17.7 Å². The van der Waals surface area contributed by atoms with Gasteiger partial charge in [-0.1, -0.05) is 32.0 Å². The van der Waals surface area contributed by atoms with Crippen molar-refractivity contribution in [2.24, 2.45) is 11.8 Å². The minimum atomic E-state index is -0.833. The monoisotopic (exact) mass is 320 g/mol. The van der Waals surface area contributed by atoms with Gasteiger partial charge >= 0.3 is 0 Å². The number of nitro groups is 1. The summed E-state index contributed by atoms with van der Waals surface area (Å²) in [6, 6.07) is 6.46. The van der Waals surface area contributed by atoms with Crippen LogP contribution in [0.4, 0.5) is 0 Å². The number of benzene rings is 1. The number of rotatable bonds is 6. The van der Waals surface area contributed by atoms with Crippen LogP contribution in [-0.2, 0) is 11.2 Å². The minimum absolute atomic E-state index is 0.0389. The molecule has 0 aromatic heterocycles. The summed E-state index contributed by atoms with van der Waals surface area (Å²) in [6.07, 6.45) is 0.621. The first-order chi connectivity index (χ1) is 10.9. The third-order valence-electron chi connectivity index (χ3n) is 4.64. The van der Waals surface area contributed by atoms with Crippen molar-refractivity contribution in [3.63, 3.8) is 0 Å². The number of hydrogen-bond acceptors (Lipinski definition) is 4. The molecule has 1 aliphatic heterocycles. The van der Waals surface area contributed by atoms with Crippen LogP contribution in [0.15, 0.2) is 24.3 Å². The lowest BCUT2D eigenvalue weighted by Gasteiger charge is -2.28. The van der Waals surface area contributed by atoms with E-state index in [2.05, 4.69) is 0 Å². The van der Waals surface area contributed by atoms with Crippen LogP contribution in [0.25, 0.3) is 0 Å². The van der Waals surface area contributed by atoms with Crippen LogP contribution in [0.2, 0.25) is 0 Å². The number of hydrogen-bond donors (Lipinski definition) is 0. The van der Waals surface area contributed by atoms with E-state index in [-0.39, 0.29) is 22.8 Å². The average Bonchev–Trinajstić information content (AvgIpc) is 2.77. The highest BCUT2D eigenvalue weighted by atomic mass is 16.6. The fourth-order valence-corrected chi connectivity index (χ4v) is 3.51. The molecular formula is C17H24N2O4. The van der Waals surface area contributed by atoms with Crippen molar-refractivity contribution >= 4 is 5.91 Å². The molecule has 0 N–H and O–H groups in total. The number of carbonyl (C=O) groups is 1. The van der Waals surface area contributed by atoms with Crippen molar-refractivity contribution in [2.75, 3.05) is 13.7 Å². The van der Waals surface area contributed by atoms with Crippen molar-refractivity contribution in [1.82, 2.24) is 4.90 Å². The molecule has 6 heteroatoms. The lowest BCUT2D eigenvalue weighted by Crippen LogP contribution is -2.44. The van der Waals surface area contributed by atoms with Crippen LogP contribution >= 0.6 is 0 Å². The van der Waals surface area contributed by atoms with Crippen LogP contribution in [-0.4, -0.2) is 41.5 Å². The average molecular weight is 320 g/mol. The van der Waals surface area contributed by atoms with Gasteiger partial charge < -0.3 is 9.64 Å². The highest BCUT2D eigenvalue weighted by Gasteiger charge is 2.53. The SMILES string of the molecule is COc1ccccc1CCN1C(=O)[C@@H](C)[C@H]([N+](=O)[O-])[C@H]1C(C)C. The van der Waals surface area contributed by atoms with Crippen LogP contribution < -0.4 is 4.74 Å². The zero-order chi connectivity index (χ0) is 17.1. The van der Waals surface area contributed by atoms with E-state index in [0.717, 1.165) is 11.3 Å². The summed E-state index contributed by atoms with van der Waals surface area (Å²) in [5, 5.41) is 11.4. The third kappa shape index (κ3) is 3.30. The van der Waals surface area contributed by atoms with Crippen LogP contribution in [0, 0.1) is 22.0 Å². The fraction of sp³-hybridized carbons (Fsp3) is 0.588. The molecule has 3 atom stereocenters. The van der Waals surface area contributed by atoms with Gasteiger partial charge in [-0.3, -0.25) is 14.9 Å². The lowest BCUT2D eigenvalue weighted by molar-refractivity contribution is -0.532. The van der Waals surface area contributed by atoms with Gasteiger partial charge in [0, 0.05) is 11.5 Å². The molecule has 1 aliphatic rings. The summed E-state index contributed by atoms with van der Waals surface area (Å²) < 4.78 is 5.33. The quantitative estimate of drug-likeness (QED) is 0.596. The molecule has 0 spiro atoms. The minimum Gasteiger partial charge on any atom is -0.496 e. The summed E-state index contributed by atoms with van der Waals surface area (Å²) in [7, 11) is 1.61. The maximum absolute atomic E-state index is 12.5. The number of nitrogens with zero attached hydrogens (tertiary/aromatic N) is 2. The van der Waals surface area contributed by atoms with E-state index in [1.54, 1.807) is 18.9 Å². The molecule has 1 amide bonds. The number of carbonyl (C=O) groups excluding carboxylic acids is 1. The molecular weight excluding hydrogens is 296 g/mol. The molecule has 1 saturated heterocycles. The predicted molar refractivity (Wildman–Crippen MR) is 87.0 cm³/mol. The molecule has 0 aliphatic carbocycles. The third-order valence-corrected chi connectivity index (χ3v) is 4.64. The van der Waals surface area contributed by atoms with Gasteiger partial charge in [0.15, 0.2) is 0 Å². The molecule has 1 aromatic rings. The van der Waals surface area contributed by atoms with Crippen molar-refractivity contribution in [3.8, 4) is 5.75 Å². The smallest absolute Gasteiger partial charge is 0.244 e. The van der Waals surface area contributed by atoms with E-state index in [1.165, 1.54) is 0 Å². The van der Waals surface area contributed by atoms with Gasteiger partial charge in [-0.05, 0) is 30.9 Å². The number of methoxy groups -OCH3 is 1. The number of likely N-dealkylation sites (tertiary alicyclic amines) is 1. The summed E-state index contributed by atoms with van der Waals surface area (Å²) in [4.78, 5) is 25.3. The largest absolute Gasteiger partial charge is 0.496 e. The summed E-state index contributed by atoms with van der Waals surface area (Å²) in [6.45, 7) is 6.00. The molecule has 6 nitrogen and oxygen atoms in total. The number of amides is 1. The number of para-hydroxylation sites is 1. The van der Waals surface area contributed by atoms with E-state index < -0.39 is 12.0 Å². The molecule has 0 unspecified atom stereocenters. The molecule has 0 saturated carbocycles. The van der Waals surface area contributed by atoms with E-state index >= 15 is 0 Å². The molecule has 23 heavy (non-hydrogen) atoms. The Hall–Kier alpha value is -2.11. The summed E-state index contributed by atoms with van der Waals surface area (Å²) in [5.41, 5.74) is 1.00. The van der Waals surface area contributed by atoms with Crippen LogP contribution in [0.3, 0.4) is 0 Å². The van der Waals surface area contributed by atoms with Gasteiger partial charge in [0.25, 0.3) is 0 Å². The second-order valence-corrected chi connectivity index (χ2v) is 6.39. The molecule has 126 valence electrons. The van der Waals surface area contributed by atoms with Crippen LogP contribution in [0.5, 0.6) is 5.75 Å². The van der Waals surface area contributed by atoms with Gasteiger partial charge in [-0.25, -0.2) is 0 Å². The van der Waals surface area contributed by atoms with Crippen molar-refractivity contribution in [1.29, 1.82) is 0 Å². The second-order valence-electron chi connectivity index (χ2n) is 6.39. The predicted octanol–water partition coefficient (Wildman–Crippen LogP) is 2.39. The fourth-order valence-electron chi connectivity index (χ4n) is 3.51. The zero-order valence-corrected chi connectivity index (χ0v) is 14.1. The standard InChI is InChI=1S/C17H24N2O4/c1-11(2)15-16(19(21)22)12(3)17(20)18(15)10-9-13-7-5-6-8-14(13)23-4/h5-8,11-12,15-16H,9-10H2,1-4H3/t12-,15+,16-/m0/s1. The second kappa shape index (κ2) is 6.98. The Labute approximate surface area is 136 Å². The van der Waals surface area contributed by atoms with E-state index in [1.807, 2.05) is 38.1 Å². The van der Waals surface area contributed by atoms with Gasteiger partial charge in [0.05, 0.1) is 7.11 Å². The van der Waals surface area contributed by atoms with Crippen LogP contribution in [0.1, 0.15) is 26.3 Å². The summed E-state index contributed by atoms with van der Waals surface area (Å²) in [5.74, 6) is 0.117. The topological polar surface area (TPSA) is 72.7 Å². The van der Waals surface area contributed by atoms with Gasteiger partial charge in [-0.15, -0.1) is 0 Å². The molecule has 1 heterocycles. The van der Waals surface area contributed by atoms with Gasteiger partial charge in [0.2, 0.25) is 11.9 Å². The first-order valence-electron chi connectivity index (χ1n) is 7.94. The Morgan fingerprint density at radius 1 is 1.35 bits per heavy atom. The Balaban J connectivity index is 2.20. The molecule has 2 rings (SSSR count). The van der Waals surface area contributed by atoms with Crippen molar-refractivity contribution < 1.29 is 14.5 Å². The molecule has 0 bridgehead atoms. The first kappa shape index (κ1) is 17.2. The van der Waals surface area contributed by atoms with Gasteiger partial charge in [-0.2, -0.15) is 0 Å².